The van der Waals surface area contributed by atoms with Crippen LogP contribution in [0.15, 0.2) is 0 Å². The first-order valence-corrected chi connectivity index (χ1v) is 6.45. The zero-order valence-corrected chi connectivity index (χ0v) is 10.1. The number of carbonyl (C=O) groups is 2. The fourth-order valence-corrected chi connectivity index (χ4v) is 2.40. The van der Waals surface area contributed by atoms with Crippen molar-refractivity contribution in [3.05, 3.63) is 0 Å². The Bertz CT molecular complexity index is 281. The normalized spacial score (nSPS) is 22.2. The van der Waals surface area contributed by atoms with Gasteiger partial charge in [0.25, 0.3) is 0 Å². The molecule has 0 bridgehead atoms. The number of morpholine rings is 1. The van der Waals surface area contributed by atoms with Gasteiger partial charge in [-0.3, -0.25) is 9.59 Å². The highest BCUT2D eigenvalue weighted by molar-refractivity contribution is 6.35. The van der Waals surface area contributed by atoms with Crippen LogP contribution in [-0.4, -0.2) is 49.1 Å². The van der Waals surface area contributed by atoms with Gasteiger partial charge in [0.1, 0.15) is 0 Å². The maximum atomic E-state index is 11.8. The maximum absolute atomic E-state index is 11.8. The summed E-state index contributed by atoms with van der Waals surface area (Å²) in [5, 5.41) is 2.84. The van der Waals surface area contributed by atoms with Crippen molar-refractivity contribution in [1.82, 2.24) is 10.2 Å². The molecule has 0 aromatic carbocycles. The minimum Gasteiger partial charge on any atom is -0.378 e. The highest BCUT2D eigenvalue weighted by atomic mass is 16.5. The summed E-state index contributed by atoms with van der Waals surface area (Å²) < 4.78 is 5.15. The summed E-state index contributed by atoms with van der Waals surface area (Å²) in [6.45, 7) is 2.11. The summed E-state index contributed by atoms with van der Waals surface area (Å²) in [5.74, 6) is -0.849. The number of nitrogens with one attached hydrogen (secondary N) is 1. The molecule has 1 N–H and O–H groups in total. The fraction of sp³-hybridized carbons (Fsp3) is 0.833. The van der Waals surface area contributed by atoms with E-state index in [2.05, 4.69) is 5.32 Å². The van der Waals surface area contributed by atoms with Crippen LogP contribution in [-0.2, 0) is 14.3 Å². The number of rotatable bonds is 1. The molecule has 2 amide bonds. The second kappa shape index (κ2) is 6.00. The molecular weight excluding hydrogens is 220 g/mol. The van der Waals surface area contributed by atoms with Crippen LogP contribution in [0.3, 0.4) is 0 Å². The molecule has 0 atom stereocenters. The number of carbonyl (C=O) groups excluding carboxylic acids is 2. The van der Waals surface area contributed by atoms with Crippen molar-refractivity contribution in [2.24, 2.45) is 0 Å². The third kappa shape index (κ3) is 3.43. The molecule has 2 rings (SSSR count). The molecule has 0 radical (unpaired) electrons. The number of hydrogen-bond donors (Lipinski definition) is 1. The number of hydrogen-bond acceptors (Lipinski definition) is 3. The number of ether oxygens (including phenoxy) is 1. The monoisotopic (exact) mass is 240 g/mol. The lowest BCUT2D eigenvalue weighted by atomic mass is 9.95. The fourth-order valence-electron chi connectivity index (χ4n) is 2.40. The molecule has 1 saturated carbocycles. The van der Waals surface area contributed by atoms with E-state index >= 15 is 0 Å². The van der Waals surface area contributed by atoms with Crippen LogP contribution < -0.4 is 5.32 Å². The van der Waals surface area contributed by atoms with Gasteiger partial charge in [-0.25, -0.2) is 0 Å². The van der Waals surface area contributed by atoms with Crippen LogP contribution in [0, 0.1) is 0 Å². The first-order valence-electron chi connectivity index (χ1n) is 6.45. The smallest absolute Gasteiger partial charge is 0.312 e. The van der Waals surface area contributed by atoms with Gasteiger partial charge in [0, 0.05) is 19.1 Å². The Hall–Kier alpha value is -1.10. The summed E-state index contributed by atoms with van der Waals surface area (Å²) in [7, 11) is 0. The van der Waals surface area contributed by atoms with E-state index in [0.717, 1.165) is 25.7 Å². The summed E-state index contributed by atoms with van der Waals surface area (Å²) in [5.41, 5.74) is 0. The molecule has 0 unspecified atom stereocenters. The van der Waals surface area contributed by atoms with E-state index in [4.69, 9.17) is 4.74 Å². The lowest BCUT2D eigenvalue weighted by Crippen LogP contribution is -2.50. The third-order valence-electron chi connectivity index (χ3n) is 3.43. The second-order valence-electron chi connectivity index (χ2n) is 4.71. The SMILES string of the molecule is O=C(NC1CCCCC1)C(=O)N1CCOCC1. The lowest BCUT2D eigenvalue weighted by molar-refractivity contribution is -0.148. The molecule has 1 aliphatic carbocycles. The van der Waals surface area contributed by atoms with Gasteiger partial charge in [-0.05, 0) is 12.8 Å². The van der Waals surface area contributed by atoms with Crippen molar-refractivity contribution < 1.29 is 14.3 Å². The van der Waals surface area contributed by atoms with Crippen molar-refractivity contribution in [2.45, 2.75) is 38.1 Å². The highest BCUT2D eigenvalue weighted by Gasteiger charge is 2.25. The van der Waals surface area contributed by atoms with Crippen molar-refractivity contribution in [2.75, 3.05) is 26.3 Å². The largest absolute Gasteiger partial charge is 0.378 e. The molecule has 2 aliphatic rings. The van der Waals surface area contributed by atoms with E-state index < -0.39 is 11.8 Å². The summed E-state index contributed by atoms with van der Waals surface area (Å²) >= 11 is 0. The first-order chi connectivity index (χ1) is 8.27. The Kier molecular flexibility index (Phi) is 4.36. The van der Waals surface area contributed by atoms with Crippen LogP contribution in [0.25, 0.3) is 0 Å². The van der Waals surface area contributed by atoms with Gasteiger partial charge in [0.05, 0.1) is 13.2 Å². The molecule has 1 saturated heterocycles. The standard InChI is InChI=1S/C12H20N2O3/c15-11(13-10-4-2-1-3-5-10)12(16)14-6-8-17-9-7-14/h10H,1-9H2,(H,13,15). The van der Waals surface area contributed by atoms with Crippen LogP contribution >= 0.6 is 0 Å². The Morgan fingerprint density at radius 3 is 2.35 bits per heavy atom. The minimum atomic E-state index is -0.446. The quantitative estimate of drug-likeness (QED) is 0.670. The van der Waals surface area contributed by atoms with Crippen molar-refractivity contribution in [3.8, 4) is 0 Å². The topological polar surface area (TPSA) is 58.6 Å². The Morgan fingerprint density at radius 1 is 1.06 bits per heavy atom. The van der Waals surface area contributed by atoms with Gasteiger partial charge in [-0.15, -0.1) is 0 Å². The molecule has 96 valence electrons. The van der Waals surface area contributed by atoms with E-state index in [0.29, 0.717) is 26.3 Å². The van der Waals surface area contributed by atoms with Crippen molar-refractivity contribution in [1.29, 1.82) is 0 Å². The summed E-state index contributed by atoms with van der Waals surface area (Å²) in [6.07, 6.45) is 5.54. The Balaban J connectivity index is 1.79. The molecule has 5 heteroatoms. The van der Waals surface area contributed by atoms with Crippen LogP contribution in [0.2, 0.25) is 0 Å². The summed E-state index contributed by atoms with van der Waals surface area (Å²) in [6, 6.07) is 0.196. The number of nitrogens with zero attached hydrogens (tertiary/aromatic N) is 1. The van der Waals surface area contributed by atoms with Crippen LogP contribution in [0.1, 0.15) is 32.1 Å². The molecule has 2 fully saturated rings. The highest BCUT2D eigenvalue weighted by Crippen LogP contribution is 2.17. The van der Waals surface area contributed by atoms with E-state index in [-0.39, 0.29) is 6.04 Å². The van der Waals surface area contributed by atoms with Gasteiger partial charge in [0.15, 0.2) is 0 Å². The zero-order chi connectivity index (χ0) is 12.1. The second-order valence-corrected chi connectivity index (χ2v) is 4.71. The molecule has 1 aliphatic heterocycles. The molecule has 0 aromatic rings. The molecule has 17 heavy (non-hydrogen) atoms. The minimum absolute atomic E-state index is 0.196. The van der Waals surface area contributed by atoms with Gasteiger partial charge in [0.2, 0.25) is 0 Å². The molecule has 0 aromatic heterocycles. The van der Waals surface area contributed by atoms with Gasteiger partial charge in [-0.1, -0.05) is 19.3 Å². The van der Waals surface area contributed by atoms with Crippen molar-refractivity contribution in [3.63, 3.8) is 0 Å². The van der Waals surface area contributed by atoms with E-state index in [1.54, 1.807) is 4.90 Å². The first kappa shape index (κ1) is 12.4. The molecule has 5 nitrogen and oxygen atoms in total. The van der Waals surface area contributed by atoms with E-state index in [1.807, 2.05) is 0 Å². The van der Waals surface area contributed by atoms with Gasteiger partial charge >= 0.3 is 11.8 Å². The third-order valence-corrected chi connectivity index (χ3v) is 3.43. The van der Waals surface area contributed by atoms with Crippen LogP contribution in [0.4, 0.5) is 0 Å². The maximum Gasteiger partial charge on any atom is 0.312 e. The summed E-state index contributed by atoms with van der Waals surface area (Å²) in [4.78, 5) is 25.2. The molecular formula is C12H20N2O3. The Labute approximate surface area is 101 Å². The van der Waals surface area contributed by atoms with Gasteiger partial charge < -0.3 is 15.0 Å². The predicted molar refractivity (Wildman–Crippen MR) is 62.4 cm³/mol. The van der Waals surface area contributed by atoms with Gasteiger partial charge in [-0.2, -0.15) is 0 Å². The average Bonchev–Trinajstić information content (AvgIpc) is 2.40. The predicted octanol–water partition coefficient (Wildman–Crippen LogP) is 0.294. The Morgan fingerprint density at radius 2 is 1.71 bits per heavy atom. The lowest BCUT2D eigenvalue weighted by Gasteiger charge is -2.28. The molecule has 1 heterocycles. The average molecular weight is 240 g/mol. The zero-order valence-electron chi connectivity index (χ0n) is 10.1. The van der Waals surface area contributed by atoms with E-state index in [9.17, 15) is 9.59 Å². The number of amides is 2. The van der Waals surface area contributed by atoms with Crippen LogP contribution in [0.5, 0.6) is 0 Å². The van der Waals surface area contributed by atoms with Crippen molar-refractivity contribution >= 4 is 11.8 Å². The molecule has 0 spiro atoms. The van der Waals surface area contributed by atoms with E-state index in [1.165, 1.54) is 6.42 Å².